The van der Waals surface area contributed by atoms with Gasteiger partial charge in [0.15, 0.2) is 0 Å². The van der Waals surface area contributed by atoms with E-state index in [1.165, 1.54) is 0 Å². The molecule has 0 aromatic heterocycles. The van der Waals surface area contributed by atoms with Crippen LogP contribution in [0.15, 0.2) is 22.7 Å². The molecule has 0 amide bonds. The lowest BCUT2D eigenvalue weighted by Crippen LogP contribution is -2.30. The van der Waals surface area contributed by atoms with Crippen molar-refractivity contribution in [1.29, 1.82) is 0 Å². The molecule has 18 heavy (non-hydrogen) atoms. The fourth-order valence-electron chi connectivity index (χ4n) is 2.21. The largest absolute Gasteiger partial charge is 0.496 e. The second kappa shape index (κ2) is 6.52. The first-order chi connectivity index (χ1) is 8.70. The van der Waals surface area contributed by atoms with Crippen LogP contribution in [0, 0.1) is 5.92 Å². The number of β-amino-alcohol motifs (C(OH)–C–C–N with tert-alkyl or cyclic N) is 1. The minimum atomic E-state index is -0.234. The number of hydrogen-bond donors (Lipinski definition) is 3. The first kappa shape index (κ1) is 13.8. The molecule has 0 spiro atoms. The molecule has 0 bridgehead atoms. The summed E-state index contributed by atoms with van der Waals surface area (Å²) in [7, 11) is 1.68. The molecule has 2 atom stereocenters. The second-order valence-electron chi connectivity index (χ2n) is 4.57. The molecule has 1 saturated heterocycles. The maximum atomic E-state index is 9.70. The van der Waals surface area contributed by atoms with Gasteiger partial charge in [-0.1, -0.05) is 15.9 Å². The van der Waals surface area contributed by atoms with Gasteiger partial charge < -0.3 is 20.5 Å². The number of rotatable bonds is 5. The summed E-state index contributed by atoms with van der Waals surface area (Å²) in [5.74, 6) is 1.18. The lowest BCUT2D eigenvalue weighted by Gasteiger charge is -2.15. The zero-order valence-corrected chi connectivity index (χ0v) is 12.0. The maximum absolute atomic E-state index is 9.70. The van der Waals surface area contributed by atoms with Crippen molar-refractivity contribution in [3.8, 4) is 5.75 Å². The van der Waals surface area contributed by atoms with Crippen LogP contribution in [0.3, 0.4) is 0 Å². The van der Waals surface area contributed by atoms with Gasteiger partial charge in [-0.3, -0.25) is 0 Å². The standard InChI is InChI=1S/C13H19BrN2O2/c1-18-13-3-2-11(14)4-9(13)5-15-6-10-7-16-8-12(10)17/h2-4,10,12,15-17H,5-8H2,1H3. The van der Waals surface area contributed by atoms with E-state index in [-0.39, 0.29) is 6.10 Å². The summed E-state index contributed by atoms with van der Waals surface area (Å²) in [5.41, 5.74) is 1.12. The Morgan fingerprint density at radius 1 is 1.50 bits per heavy atom. The maximum Gasteiger partial charge on any atom is 0.123 e. The summed E-state index contributed by atoms with van der Waals surface area (Å²) in [6, 6.07) is 5.97. The molecule has 4 nitrogen and oxygen atoms in total. The van der Waals surface area contributed by atoms with Crippen molar-refractivity contribution in [2.45, 2.75) is 12.6 Å². The van der Waals surface area contributed by atoms with Gasteiger partial charge >= 0.3 is 0 Å². The van der Waals surface area contributed by atoms with E-state index < -0.39 is 0 Å². The Labute approximate surface area is 116 Å². The van der Waals surface area contributed by atoms with Crippen LogP contribution in [0.5, 0.6) is 5.75 Å². The van der Waals surface area contributed by atoms with E-state index >= 15 is 0 Å². The van der Waals surface area contributed by atoms with Gasteiger partial charge in [0.2, 0.25) is 0 Å². The molecular weight excluding hydrogens is 296 g/mol. The molecule has 2 rings (SSSR count). The van der Waals surface area contributed by atoms with E-state index in [4.69, 9.17) is 4.74 Å². The quantitative estimate of drug-likeness (QED) is 0.762. The molecule has 3 N–H and O–H groups in total. The predicted molar refractivity (Wildman–Crippen MR) is 74.8 cm³/mol. The second-order valence-corrected chi connectivity index (χ2v) is 5.49. The van der Waals surface area contributed by atoms with Crippen molar-refractivity contribution in [2.75, 3.05) is 26.7 Å². The predicted octanol–water partition coefficient (Wildman–Crippen LogP) is 1.13. The third-order valence-corrected chi connectivity index (χ3v) is 3.76. The third kappa shape index (κ3) is 3.45. The molecule has 1 aliphatic rings. The van der Waals surface area contributed by atoms with E-state index in [0.29, 0.717) is 12.5 Å². The van der Waals surface area contributed by atoms with Crippen LogP contribution in [0.2, 0.25) is 0 Å². The third-order valence-electron chi connectivity index (χ3n) is 3.27. The fourth-order valence-corrected chi connectivity index (χ4v) is 2.61. The van der Waals surface area contributed by atoms with Crippen molar-refractivity contribution in [2.24, 2.45) is 5.92 Å². The molecule has 0 radical (unpaired) electrons. The van der Waals surface area contributed by atoms with Crippen LogP contribution in [-0.4, -0.2) is 38.0 Å². The van der Waals surface area contributed by atoms with Crippen LogP contribution < -0.4 is 15.4 Å². The summed E-state index contributed by atoms with van der Waals surface area (Å²) >= 11 is 3.46. The highest BCUT2D eigenvalue weighted by molar-refractivity contribution is 9.10. The molecule has 1 aromatic rings. The molecule has 100 valence electrons. The van der Waals surface area contributed by atoms with Crippen molar-refractivity contribution in [3.63, 3.8) is 0 Å². The number of aliphatic hydroxyl groups excluding tert-OH is 1. The van der Waals surface area contributed by atoms with Gasteiger partial charge in [0.25, 0.3) is 0 Å². The molecule has 0 aliphatic carbocycles. The number of benzene rings is 1. The monoisotopic (exact) mass is 314 g/mol. The summed E-state index contributed by atoms with van der Waals surface area (Å²) in [6.07, 6.45) is -0.234. The summed E-state index contributed by atoms with van der Waals surface area (Å²) < 4.78 is 6.37. The van der Waals surface area contributed by atoms with Gasteiger partial charge in [0, 0.05) is 42.1 Å². The van der Waals surface area contributed by atoms with Gasteiger partial charge in [0.05, 0.1) is 13.2 Å². The minimum absolute atomic E-state index is 0.234. The average Bonchev–Trinajstić information content (AvgIpc) is 2.76. The Morgan fingerprint density at radius 3 is 3.00 bits per heavy atom. The number of hydrogen-bond acceptors (Lipinski definition) is 4. The van der Waals surface area contributed by atoms with Gasteiger partial charge in [-0.2, -0.15) is 0 Å². The highest BCUT2D eigenvalue weighted by Crippen LogP contribution is 2.22. The molecular formula is C13H19BrN2O2. The number of ether oxygens (including phenoxy) is 1. The minimum Gasteiger partial charge on any atom is -0.496 e. The van der Waals surface area contributed by atoms with Crippen molar-refractivity contribution >= 4 is 15.9 Å². The molecule has 0 saturated carbocycles. The molecule has 2 unspecified atom stereocenters. The smallest absolute Gasteiger partial charge is 0.123 e. The summed E-state index contributed by atoms with van der Waals surface area (Å²) in [5, 5.41) is 16.3. The molecule has 1 fully saturated rings. The molecule has 1 aliphatic heterocycles. The van der Waals surface area contributed by atoms with Crippen LogP contribution in [-0.2, 0) is 6.54 Å². The van der Waals surface area contributed by atoms with E-state index in [1.807, 2.05) is 12.1 Å². The Hall–Kier alpha value is -0.620. The van der Waals surface area contributed by atoms with Gasteiger partial charge in [0.1, 0.15) is 5.75 Å². The molecule has 1 aromatic carbocycles. The highest BCUT2D eigenvalue weighted by atomic mass is 79.9. The number of halogens is 1. The Balaban J connectivity index is 1.87. The van der Waals surface area contributed by atoms with E-state index in [1.54, 1.807) is 7.11 Å². The Kier molecular flexibility index (Phi) is 5.00. The average molecular weight is 315 g/mol. The van der Waals surface area contributed by atoms with E-state index in [2.05, 4.69) is 32.6 Å². The zero-order valence-electron chi connectivity index (χ0n) is 10.4. The van der Waals surface area contributed by atoms with Crippen molar-refractivity contribution in [1.82, 2.24) is 10.6 Å². The zero-order chi connectivity index (χ0) is 13.0. The SMILES string of the molecule is COc1ccc(Br)cc1CNCC1CNCC1O. The Morgan fingerprint density at radius 2 is 2.33 bits per heavy atom. The lowest BCUT2D eigenvalue weighted by atomic mass is 10.1. The highest BCUT2D eigenvalue weighted by Gasteiger charge is 2.24. The first-order valence-corrected chi connectivity index (χ1v) is 6.92. The summed E-state index contributed by atoms with van der Waals surface area (Å²) in [4.78, 5) is 0. The van der Waals surface area contributed by atoms with Crippen LogP contribution in [0.25, 0.3) is 0 Å². The van der Waals surface area contributed by atoms with Crippen molar-refractivity contribution < 1.29 is 9.84 Å². The Bertz CT molecular complexity index is 401. The summed E-state index contributed by atoms with van der Waals surface area (Å²) in [6.45, 7) is 3.13. The number of aliphatic hydroxyl groups is 1. The van der Waals surface area contributed by atoms with Crippen molar-refractivity contribution in [3.05, 3.63) is 28.2 Å². The van der Waals surface area contributed by atoms with Crippen LogP contribution in [0.1, 0.15) is 5.56 Å². The van der Waals surface area contributed by atoms with E-state index in [0.717, 1.165) is 35.4 Å². The first-order valence-electron chi connectivity index (χ1n) is 6.12. The van der Waals surface area contributed by atoms with Crippen LogP contribution in [0.4, 0.5) is 0 Å². The van der Waals surface area contributed by atoms with Gasteiger partial charge in [-0.15, -0.1) is 0 Å². The number of nitrogens with one attached hydrogen (secondary N) is 2. The topological polar surface area (TPSA) is 53.5 Å². The van der Waals surface area contributed by atoms with E-state index in [9.17, 15) is 5.11 Å². The molecule has 1 heterocycles. The fraction of sp³-hybridized carbons (Fsp3) is 0.538. The number of methoxy groups -OCH3 is 1. The molecule has 5 heteroatoms. The lowest BCUT2D eigenvalue weighted by molar-refractivity contribution is 0.146. The van der Waals surface area contributed by atoms with Gasteiger partial charge in [-0.05, 0) is 18.2 Å². The van der Waals surface area contributed by atoms with Crippen LogP contribution >= 0.6 is 15.9 Å². The van der Waals surface area contributed by atoms with Gasteiger partial charge in [-0.25, -0.2) is 0 Å². The normalized spacial score (nSPS) is 23.3.